The molecule has 4 heteroatoms. The van der Waals surface area contributed by atoms with Crippen molar-refractivity contribution in [2.45, 2.75) is 70.8 Å². The number of hydrogen-bond donors (Lipinski definition) is 2. The van der Waals surface area contributed by atoms with Gasteiger partial charge in [0.05, 0.1) is 0 Å². The lowest BCUT2D eigenvalue weighted by atomic mass is 9.82. The Morgan fingerprint density at radius 3 is 2.55 bits per heavy atom. The van der Waals surface area contributed by atoms with Crippen LogP contribution in [-0.2, 0) is 4.79 Å². The molecule has 20 heavy (non-hydrogen) atoms. The van der Waals surface area contributed by atoms with Crippen molar-refractivity contribution in [2.75, 3.05) is 13.1 Å². The molecule has 118 valence electrons. The van der Waals surface area contributed by atoms with Crippen LogP contribution in [0.5, 0.6) is 0 Å². The summed E-state index contributed by atoms with van der Waals surface area (Å²) in [6, 6.07) is 0.510. The maximum Gasteiger partial charge on any atom is 0.223 e. The quantitative estimate of drug-likeness (QED) is 0.790. The molecule has 1 saturated carbocycles. The van der Waals surface area contributed by atoms with Gasteiger partial charge in [-0.3, -0.25) is 4.79 Å². The van der Waals surface area contributed by atoms with Crippen LogP contribution in [0.2, 0.25) is 0 Å². The van der Waals surface area contributed by atoms with Gasteiger partial charge in [0.25, 0.3) is 0 Å². The van der Waals surface area contributed by atoms with Gasteiger partial charge < -0.3 is 10.6 Å². The maximum absolute atomic E-state index is 12.3. The zero-order valence-corrected chi connectivity index (χ0v) is 13.6. The molecule has 1 amide bonds. The number of amides is 1. The van der Waals surface area contributed by atoms with Crippen molar-refractivity contribution in [3.8, 4) is 0 Å². The molecular formula is C16H31ClN2O. The summed E-state index contributed by atoms with van der Waals surface area (Å²) in [7, 11) is 0. The lowest BCUT2D eigenvalue weighted by Gasteiger charge is -2.25. The molecule has 2 rings (SSSR count). The number of carbonyl (C=O) groups is 1. The Morgan fingerprint density at radius 2 is 1.95 bits per heavy atom. The van der Waals surface area contributed by atoms with Gasteiger partial charge in [0.1, 0.15) is 0 Å². The molecule has 1 aliphatic heterocycles. The van der Waals surface area contributed by atoms with Gasteiger partial charge in [-0.15, -0.1) is 12.4 Å². The van der Waals surface area contributed by atoms with E-state index in [1.807, 2.05) is 0 Å². The zero-order chi connectivity index (χ0) is 13.5. The summed E-state index contributed by atoms with van der Waals surface area (Å²) in [5.74, 6) is 1.33. The minimum absolute atomic E-state index is 0. The molecule has 1 saturated heterocycles. The van der Waals surface area contributed by atoms with E-state index in [0.717, 1.165) is 31.8 Å². The van der Waals surface area contributed by atoms with E-state index in [2.05, 4.69) is 17.6 Å². The van der Waals surface area contributed by atoms with E-state index < -0.39 is 0 Å². The first-order valence-corrected chi connectivity index (χ1v) is 8.30. The van der Waals surface area contributed by atoms with Crippen LogP contribution in [0, 0.1) is 11.8 Å². The third-order valence-corrected chi connectivity index (χ3v) is 4.89. The number of halogens is 1. The predicted molar refractivity (Wildman–Crippen MR) is 86.3 cm³/mol. The van der Waals surface area contributed by atoms with Gasteiger partial charge in [-0.2, -0.15) is 0 Å². The summed E-state index contributed by atoms with van der Waals surface area (Å²) >= 11 is 0. The fourth-order valence-electron chi connectivity index (χ4n) is 3.58. The fourth-order valence-corrected chi connectivity index (χ4v) is 3.58. The van der Waals surface area contributed by atoms with E-state index in [1.54, 1.807) is 0 Å². The van der Waals surface area contributed by atoms with Crippen LogP contribution in [-0.4, -0.2) is 25.0 Å². The number of nitrogens with one attached hydrogen (secondary N) is 2. The van der Waals surface area contributed by atoms with Crippen molar-refractivity contribution in [1.29, 1.82) is 0 Å². The Bertz CT molecular complexity index is 274. The lowest BCUT2D eigenvalue weighted by molar-refractivity contribution is -0.125. The summed E-state index contributed by atoms with van der Waals surface area (Å²) in [6.07, 6.45) is 11.4. The highest BCUT2D eigenvalue weighted by molar-refractivity contribution is 5.85. The van der Waals surface area contributed by atoms with Crippen molar-refractivity contribution < 1.29 is 4.79 Å². The molecule has 3 nitrogen and oxygen atoms in total. The largest absolute Gasteiger partial charge is 0.354 e. The highest BCUT2D eigenvalue weighted by Crippen LogP contribution is 2.30. The molecule has 2 atom stereocenters. The fraction of sp³-hybridized carbons (Fsp3) is 0.938. The number of rotatable bonds is 6. The van der Waals surface area contributed by atoms with Gasteiger partial charge in [0.2, 0.25) is 5.91 Å². The molecule has 2 fully saturated rings. The molecule has 2 N–H and O–H groups in total. The van der Waals surface area contributed by atoms with Crippen LogP contribution in [0.25, 0.3) is 0 Å². The zero-order valence-electron chi connectivity index (χ0n) is 12.8. The third kappa shape index (κ3) is 5.61. The second-order valence-corrected chi connectivity index (χ2v) is 6.38. The first-order chi connectivity index (χ1) is 9.29. The molecule has 1 aliphatic carbocycles. The van der Waals surface area contributed by atoms with Gasteiger partial charge in [-0.1, -0.05) is 39.0 Å². The van der Waals surface area contributed by atoms with Gasteiger partial charge in [0, 0.05) is 18.5 Å². The molecular weight excluding hydrogens is 272 g/mol. The van der Waals surface area contributed by atoms with Crippen molar-refractivity contribution in [1.82, 2.24) is 10.6 Å². The van der Waals surface area contributed by atoms with E-state index in [1.165, 1.54) is 44.9 Å². The molecule has 1 heterocycles. The Kier molecular flexibility index (Phi) is 8.55. The average molecular weight is 303 g/mol. The summed E-state index contributed by atoms with van der Waals surface area (Å²) < 4.78 is 0. The number of carbonyl (C=O) groups excluding carboxylic acids is 1. The average Bonchev–Trinajstić information content (AvgIpc) is 2.96. The van der Waals surface area contributed by atoms with E-state index in [4.69, 9.17) is 0 Å². The Labute approximate surface area is 130 Å². The Hall–Kier alpha value is -0.280. The predicted octanol–water partition coefficient (Wildman–Crippen LogP) is 3.27. The van der Waals surface area contributed by atoms with E-state index in [-0.39, 0.29) is 18.3 Å². The highest BCUT2D eigenvalue weighted by atomic mass is 35.5. The van der Waals surface area contributed by atoms with Crippen LogP contribution >= 0.6 is 12.4 Å². The summed E-state index contributed by atoms with van der Waals surface area (Å²) in [4.78, 5) is 12.3. The smallest absolute Gasteiger partial charge is 0.223 e. The normalized spacial score (nSPS) is 24.9. The SMILES string of the molecule is CCC(CC1CCCCC1)C(=O)NCC1CCCN1.Cl. The molecule has 0 spiro atoms. The van der Waals surface area contributed by atoms with Gasteiger partial charge in [-0.05, 0) is 38.1 Å². The monoisotopic (exact) mass is 302 g/mol. The Morgan fingerprint density at radius 1 is 1.20 bits per heavy atom. The van der Waals surface area contributed by atoms with E-state index in [9.17, 15) is 4.79 Å². The van der Waals surface area contributed by atoms with Crippen molar-refractivity contribution >= 4 is 18.3 Å². The van der Waals surface area contributed by atoms with E-state index in [0.29, 0.717) is 11.9 Å². The standard InChI is InChI=1S/C16H30N2O.ClH/c1-2-14(11-13-7-4-3-5-8-13)16(19)18-12-15-9-6-10-17-15;/h13-15,17H,2-12H2,1H3,(H,18,19);1H. The Balaban J connectivity index is 0.00000200. The topological polar surface area (TPSA) is 41.1 Å². The molecule has 0 aromatic rings. The second-order valence-electron chi connectivity index (χ2n) is 6.38. The first kappa shape index (κ1) is 17.8. The minimum atomic E-state index is 0. The second kappa shape index (κ2) is 9.62. The first-order valence-electron chi connectivity index (χ1n) is 8.30. The molecule has 0 aromatic heterocycles. The molecule has 2 aliphatic rings. The maximum atomic E-state index is 12.3. The lowest BCUT2D eigenvalue weighted by Crippen LogP contribution is -2.40. The summed E-state index contributed by atoms with van der Waals surface area (Å²) in [5.41, 5.74) is 0. The highest BCUT2D eigenvalue weighted by Gasteiger charge is 2.23. The molecule has 0 aromatic carbocycles. The van der Waals surface area contributed by atoms with Crippen LogP contribution in [0.15, 0.2) is 0 Å². The van der Waals surface area contributed by atoms with Crippen LogP contribution in [0.4, 0.5) is 0 Å². The summed E-state index contributed by atoms with van der Waals surface area (Å²) in [5, 5.41) is 6.60. The van der Waals surface area contributed by atoms with Gasteiger partial charge in [-0.25, -0.2) is 0 Å². The summed E-state index contributed by atoms with van der Waals surface area (Å²) in [6.45, 7) is 4.08. The van der Waals surface area contributed by atoms with Crippen molar-refractivity contribution in [3.63, 3.8) is 0 Å². The van der Waals surface area contributed by atoms with E-state index >= 15 is 0 Å². The van der Waals surface area contributed by atoms with Crippen LogP contribution < -0.4 is 10.6 Å². The van der Waals surface area contributed by atoms with Crippen molar-refractivity contribution in [3.05, 3.63) is 0 Å². The minimum Gasteiger partial charge on any atom is -0.354 e. The van der Waals surface area contributed by atoms with Crippen LogP contribution in [0.1, 0.15) is 64.7 Å². The molecule has 0 bridgehead atoms. The third-order valence-electron chi connectivity index (χ3n) is 4.89. The molecule has 2 unspecified atom stereocenters. The van der Waals surface area contributed by atoms with Gasteiger partial charge >= 0.3 is 0 Å². The molecule has 0 radical (unpaired) electrons. The van der Waals surface area contributed by atoms with Crippen LogP contribution in [0.3, 0.4) is 0 Å². The van der Waals surface area contributed by atoms with Crippen molar-refractivity contribution in [2.24, 2.45) is 11.8 Å². The van der Waals surface area contributed by atoms with Gasteiger partial charge in [0.15, 0.2) is 0 Å². The number of hydrogen-bond acceptors (Lipinski definition) is 2.